The highest BCUT2D eigenvalue weighted by atomic mass is 16.7. The Bertz CT molecular complexity index is 1190. The van der Waals surface area contributed by atoms with Crippen LogP contribution in [0.2, 0.25) is 0 Å². The van der Waals surface area contributed by atoms with Gasteiger partial charge < -0.3 is 33.2 Å². The molecule has 0 aromatic heterocycles. The van der Waals surface area contributed by atoms with Gasteiger partial charge in [-0.2, -0.15) is 5.01 Å². The second-order valence-electron chi connectivity index (χ2n) is 9.41. The third kappa shape index (κ3) is 9.54. The second-order valence-corrected chi connectivity index (χ2v) is 9.41. The summed E-state index contributed by atoms with van der Waals surface area (Å²) in [5, 5.41) is 3.12. The first kappa shape index (κ1) is 34.8. The van der Waals surface area contributed by atoms with E-state index in [4.69, 9.17) is 33.2 Å². The Balaban J connectivity index is 2.82. The van der Waals surface area contributed by atoms with Crippen LogP contribution in [0, 0.1) is 4.91 Å². The first-order valence-corrected chi connectivity index (χ1v) is 13.0. The number of carbonyl (C=O) groups excluding carboxylic acids is 6. The SMILES string of the molecule is COC(=O)[C@@]1(OCc2ccccc2)C[C@H](OC(C)=O)[C@@H](N(N=O)C(C)=O)[C@H]([C@H](OC(C)=O)[C@@H](COC(C)=O)OC(C)=O)O1. The zero-order valence-corrected chi connectivity index (χ0v) is 24.5. The second kappa shape index (κ2) is 15.7. The van der Waals surface area contributed by atoms with Crippen LogP contribution < -0.4 is 0 Å². The Labute approximate surface area is 246 Å². The van der Waals surface area contributed by atoms with Crippen molar-refractivity contribution >= 4 is 35.8 Å². The standard InChI is InChI=1S/C27H34N2O14/c1-15(30)29(28-36)23-21(40-17(3)32)12-27(26(35)37-6,39-13-20-10-8-7-9-11-20)43-25(23)24(42-19(5)34)22(41-18(4)33)14-38-16(2)31/h7-11,21-25H,12-14H2,1-6H3/t21-,22+,23+,24+,25+,27+/m0/s1. The van der Waals surface area contributed by atoms with Gasteiger partial charge in [-0.15, -0.1) is 4.91 Å². The lowest BCUT2D eigenvalue weighted by molar-refractivity contribution is -0.324. The van der Waals surface area contributed by atoms with Crippen LogP contribution in [-0.4, -0.2) is 90.7 Å². The molecule has 1 aromatic carbocycles. The van der Waals surface area contributed by atoms with Crippen LogP contribution >= 0.6 is 0 Å². The number of esters is 5. The maximum absolute atomic E-state index is 13.3. The van der Waals surface area contributed by atoms with Gasteiger partial charge in [0.2, 0.25) is 5.91 Å². The van der Waals surface area contributed by atoms with Gasteiger partial charge in [-0.05, 0) is 5.56 Å². The van der Waals surface area contributed by atoms with Gasteiger partial charge in [0.1, 0.15) is 24.9 Å². The van der Waals surface area contributed by atoms with E-state index in [1.165, 1.54) is 0 Å². The van der Waals surface area contributed by atoms with Crippen molar-refractivity contribution < 1.29 is 61.9 Å². The molecule has 1 fully saturated rings. The van der Waals surface area contributed by atoms with E-state index in [0.717, 1.165) is 41.7 Å². The van der Waals surface area contributed by atoms with Crippen LogP contribution in [0.1, 0.15) is 46.6 Å². The predicted molar refractivity (Wildman–Crippen MR) is 141 cm³/mol. The van der Waals surface area contributed by atoms with Gasteiger partial charge in [0.25, 0.3) is 5.79 Å². The number of benzene rings is 1. The highest BCUT2D eigenvalue weighted by molar-refractivity contribution is 5.79. The molecule has 1 amide bonds. The number of amides is 1. The number of nitrogens with zero attached hydrogens (tertiary/aromatic N) is 2. The van der Waals surface area contributed by atoms with Crippen molar-refractivity contribution in [2.24, 2.45) is 5.29 Å². The Hall–Kier alpha value is -4.44. The molecule has 6 atom stereocenters. The minimum absolute atomic E-state index is 0.248. The van der Waals surface area contributed by atoms with Crippen LogP contribution in [0.5, 0.6) is 0 Å². The third-order valence-corrected chi connectivity index (χ3v) is 6.10. The molecule has 0 bridgehead atoms. The normalized spacial score (nSPS) is 22.6. The predicted octanol–water partition coefficient (Wildman–Crippen LogP) is 1.12. The number of rotatable bonds is 13. The Morgan fingerprint density at radius 3 is 2.07 bits per heavy atom. The van der Waals surface area contributed by atoms with E-state index in [0.29, 0.717) is 10.6 Å². The highest BCUT2D eigenvalue weighted by Crippen LogP contribution is 2.39. The minimum Gasteiger partial charge on any atom is -0.465 e. The molecule has 0 saturated carbocycles. The number of hydrogen-bond donors (Lipinski definition) is 0. The largest absolute Gasteiger partial charge is 0.465 e. The first-order valence-electron chi connectivity index (χ1n) is 13.0. The van der Waals surface area contributed by atoms with E-state index in [1.54, 1.807) is 30.3 Å². The van der Waals surface area contributed by atoms with Crippen LogP contribution in [0.3, 0.4) is 0 Å². The third-order valence-electron chi connectivity index (χ3n) is 6.10. The molecule has 0 N–H and O–H groups in total. The summed E-state index contributed by atoms with van der Waals surface area (Å²) in [6.45, 7) is 4.14. The zero-order valence-electron chi connectivity index (χ0n) is 24.5. The summed E-state index contributed by atoms with van der Waals surface area (Å²) in [5.41, 5.74) is 0.584. The molecule has 0 unspecified atom stereocenters. The molecular formula is C27H34N2O14. The molecule has 16 heteroatoms. The number of carbonyl (C=O) groups is 6. The molecule has 0 spiro atoms. The number of hydrogen-bond acceptors (Lipinski definition) is 15. The summed E-state index contributed by atoms with van der Waals surface area (Å²) in [6.07, 6.45) is -7.48. The summed E-state index contributed by atoms with van der Waals surface area (Å²) in [5.74, 6) is -8.05. The van der Waals surface area contributed by atoms with Crippen LogP contribution in [0.4, 0.5) is 0 Å². The topological polar surface area (TPSA) is 200 Å². The van der Waals surface area contributed by atoms with Gasteiger partial charge >= 0.3 is 29.8 Å². The smallest absolute Gasteiger partial charge is 0.366 e. The quantitative estimate of drug-likeness (QED) is 0.133. The molecule has 43 heavy (non-hydrogen) atoms. The van der Waals surface area contributed by atoms with Gasteiger partial charge in [0.05, 0.1) is 25.4 Å². The van der Waals surface area contributed by atoms with Crippen LogP contribution in [-0.2, 0) is 68.5 Å². The number of nitroso groups, excluding NO2 is 1. The fourth-order valence-corrected chi connectivity index (χ4v) is 4.51. The van der Waals surface area contributed by atoms with Gasteiger partial charge in [-0.1, -0.05) is 30.3 Å². The summed E-state index contributed by atoms with van der Waals surface area (Å²) in [6, 6.07) is 6.85. The lowest BCUT2D eigenvalue weighted by atomic mass is 9.87. The Kier molecular flexibility index (Phi) is 12.7. The van der Waals surface area contributed by atoms with Crippen molar-refractivity contribution in [3.05, 3.63) is 40.8 Å². The molecule has 236 valence electrons. The zero-order chi connectivity index (χ0) is 32.3. The average molecular weight is 611 g/mol. The minimum atomic E-state index is -2.40. The fourth-order valence-electron chi connectivity index (χ4n) is 4.51. The maximum Gasteiger partial charge on any atom is 0.366 e. The van der Waals surface area contributed by atoms with Gasteiger partial charge in [0.15, 0.2) is 12.2 Å². The summed E-state index contributed by atoms with van der Waals surface area (Å²) in [7, 11) is 1.03. The van der Waals surface area contributed by atoms with Crippen molar-refractivity contribution in [3.8, 4) is 0 Å². The van der Waals surface area contributed by atoms with Crippen LogP contribution in [0.25, 0.3) is 0 Å². The summed E-state index contributed by atoms with van der Waals surface area (Å²) in [4.78, 5) is 86.1. The van der Waals surface area contributed by atoms with Gasteiger partial charge in [-0.25, -0.2) is 4.79 Å². The van der Waals surface area contributed by atoms with Gasteiger partial charge in [0, 0.05) is 34.6 Å². The molecule has 0 radical (unpaired) electrons. The molecule has 1 aliphatic heterocycles. The molecule has 1 aliphatic rings. The molecule has 2 rings (SSSR count). The molecule has 1 heterocycles. The van der Waals surface area contributed by atoms with E-state index >= 15 is 0 Å². The Morgan fingerprint density at radius 2 is 1.58 bits per heavy atom. The highest BCUT2D eigenvalue weighted by Gasteiger charge is 2.61. The average Bonchev–Trinajstić information content (AvgIpc) is 2.93. The summed E-state index contributed by atoms with van der Waals surface area (Å²) >= 11 is 0. The monoisotopic (exact) mass is 610 g/mol. The van der Waals surface area contributed by atoms with E-state index in [2.05, 4.69) is 5.29 Å². The molecule has 1 saturated heterocycles. The molecule has 0 aliphatic carbocycles. The van der Waals surface area contributed by atoms with Gasteiger partial charge in [-0.3, -0.25) is 24.0 Å². The van der Waals surface area contributed by atoms with Crippen molar-refractivity contribution in [2.45, 2.75) is 83.9 Å². The van der Waals surface area contributed by atoms with Crippen LogP contribution in [0.15, 0.2) is 35.6 Å². The van der Waals surface area contributed by atoms with Crippen molar-refractivity contribution in [3.63, 3.8) is 0 Å². The maximum atomic E-state index is 13.3. The van der Waals surface area contributed by atoms with E-state index in [9.17, 15) is 33.7 Å². The van der Waals surface area contributed by atoms with E-state index < -0.39 is 85.0 Å². The van der Waals surface area contributed by atoms with Crippen molar-refractivity contribution in [1.82, 2.24) is 5.01 Å². The van der Waals surface area contributed by atoms with Crippen molar-refractivity contribution in [1.29, 1.82) is 0 Å². The molecule has 16 nitrogen and oxygen atoms in total. The summed E-state index contributed by atoms with van der Waals surface area (Å²) < 4.78 is 38.3. The van der Waals surface area contributed by atoms with E-state index in [1.807, 2.05) is 0 Å². The number of ether oxygens (including phenoxy) is 7. The molecule has 1 aromatic rings. The van der Waals surface area contributed by atoms with Crippen molar-refractivity contribution in [2.75, 3.05) is 13.7 Å². The number of methoxy groups -OCH3 is 1. The van der Waals surface area contributed by atoms with E-state index in [-0.39, 0.29) is 6.61 Å². The first-order chi connectivity index (χ1) is 20.2. The lowest BCUT2D eigenvalue weighted by Gasteiger charge is -2.49. The lowest BCUT2D eigenvalue weighted by Crippen LogP contribution is -2.69. The fraction of sp³-hybridized carbons (Fsp3) is 0.556. The molecular weight excluding hydrogens is 576 g/mol. The Morgan fingerprint density at radius 1 is 0.953 bits per heavy atom.